The van der Waals surface area contributed by atoms with E-state index in [1.165, 1.54) is 6.26 Å². The number of hydrazine groups is 1. The van der Waals surface area contributed by atoms with E-state index in [1.807, 2.05) is 13.8 Å². The average Bonchev–Trinajstić information content (AvgIpc) is 2.27. The van der Waals surface area contributed by atoms with Crippen molar-refractivity contribution >= 4 is 9.84 Å². The van der Waals surface area contributed by atoms with Crippen LogP contribution >= 0.6 is 0 Å². The number of nitrogens with two attached hydrogens (primary N) is 1. The highest BCUT2D eigenvalue weighted by atomic mass is 32.2. The molecule has 3 N–H and O–H groups in total. The van der Waals surface area contributed by atoms with Gasteiger partial charge in [-0.2, -0.15) is 0 Å². The SMILES string of the molecule is CC(C)Oc1cncc(C(NN)C(C)(C)S(C)(=O)=O)c1. The van der Waals surface area contributed by atoms with Crippen LogP contribution in [0, 0.1) is 0 Å². The molecule has 0 saturated carbocycles. The van der Waals surface area contributed by atoms with Crippen LogP contribution in [0.15, 0.2) is 18.5 Å². The molecule has 1 aromatic rings. The van der Waals surface area contributed by atoms with Gasteiger partial charge in [0.05, 0.1) is 23.1 Å². The van der Waals surface area contributed by atoms with Gasteiger partial charge in [-0.3, -0.25) is 16.3 Å². The summed E-state index contributed by atoms with van der Waals surface area (Å²) in [5.41, 5.74) is 3.24. The summed E-state index contributed by atoms with van der Waals surface area (Å²) in [7, 11) is -3.31. The maximum Gasteiger partial charge on any atom is 0.154 e. The fourth-order valence-corrected chi connectivity index (χ4v) is 2.47. The van der Waals surface area contributed by atoms with Crippen molar-refractivity contribution in [3.8, 4) is 5.75 Å². The Morgan fingerprint density at radius 3 is 2.40 bits per heavy atom. The van der Waals surface area contributed by atoms with E-state index in [1.54, 1.807) is 32.3 Å². The van der Waals surface area contributed by atoms with E-state index in [9.17, 15) is 8.42 Å². The number of hydrogen-bond acceptors (Lipinski definition) is 6. The molecular formula is C13H23N3O3S. The summed E-state index contributed by atoms with van der Waals surface area (Å²) in [5.74, 6) is 6.14. The first kappa shape index (κ1) is 16.9. The minimum absolute atomic E-state index is 0.0132. The molecule has 0 saturated heterocycles. The quantitative estimate of drug-likeness (QED) is 0.605. The fraction of sp³-hybridized carbons (Fsp3) is 0.615. The fourth-order valence-electron chi connectivity index (χ4n) is 1.84. The van der Waals surface area contributed by atoms with Gasteiger partial charge in [0, 0.05) is 12.5 Å². The summed E-state index contributed by atoms with van der Waals surface area (Å²) < 4.78 is 28.4. The van der Waals surface area contributed by atoms with Crippen LogP contribution < -0.4 is 16.0 Å². The van der Waals surface area contributed by atoms with Crippen molar-refractivity contribution in [2.45, 2.75) is 44.6 Å². The van der Waals surface area contributed by atoms with Crippen molar-refractivity contribution < 1.29 is 13.2 Å². The molecule has 0 amide bonds. The second-order valence-electron chi connectivity index (χ2n) is 5.60. The van der Waals surface area contributed by atoms with Crippen molar-refractivity contribution in [1.82, 2.24) is 10.4 Å². The molecule has 1 rings (SSSR count). The number of nitrogens with zero attached hydrogens (tertiary/aromatic N) is 1. The molecule has 6 nitrogen and oxygen atoms in total. The lowest BCUT2D eigenvalue weighted by molar-refractivity contribution is 0.241. The number of rotatable bonds is 6. The number of pyridine rings is 1. The molecule has 0 aliphatic carbocycles. The van der Waals surface area contributed by atoms with Gasteiger partial charge in [0.15, 0.2) is 9.84 Å². The Kier molecular flexibility index (Phi) is 5.12. The molecule has 0 aliphatic rings. The van der Waals surface area contributed by atoms with E-state index in [0.717, 1.165) is 0 Å². The van der Waals surface area contributed by atoms with Gasteiger partial charge in [-0.05, 0) is 39.3 Å². The minimum atomic E-state index is -3.31. The molecule has 1 heterocycles. The molecule has 1 atom stereocenters. The molecule has 0 aliphatic heterocycles. The molecule has 0 fully saturated rings. The third kappa shape index (κ3) is 3.68. The van der Waals surface area contributed by atoms with Crippen LogP contribution in [0.1, 0.15) is 39.3 Å². The zero-order valence-corrected chi connectivity index (χ0v) is 13.4. The average molecular weight is 301 g/mol. The zero-order chi connectivity index (χ0) is 15.6. The Balaban J connectivity index is 3.20. The zero-order valence-electron chi connectivity index (χ0n) is 12.5. The van der Waals surface area contributed by atoms with Crippen LogP contribution in [0.3, 0.4) is 0 Å². The van der Waals surface area contributed by atoms with Crippen LogP contribution in [0.2, 0.25) is 0 Å². The van der Waals surface area contributed by atoms with E-state index in [0.29, 0.717) is 11.3 Å². The van der Waals surface area contributed by atoms with Crippen LogP contribution in [0.4, 0.5) is 0 Å². The second kappa shape index (κ2) is 6.07. The highest BCUT2D eigenvalue weighted by Gasteiger charge is 2.39. The predicted octanol–water partition coefficient (Wildman–Crippen LogP) is 1.20. The van der Waals surface area contributed by atoms with Crippen LogP contribution in [0.5, 0.6) is 5.75 Å². The lowest BCUT2D eigenvalue weighted by Gasteiger charge is -2.32. The van der Waals surface area contributed by atoms with Gasteiger partial charge < -0.3 is 4.74 Å². The summed E-state index contributed by atoms with van der Waals surface area (Å²) in [6.07, 6.45) is 4.38. The lowest BCUT2D eigenvalue weighted by atomic mass is 9.97. The second-order valence-corrected chi connectivity index (χ2v) is 8.19. The van der Waals surface area contributed by atoms with Gasteiger partial charge in [0.25, 0.3) is 0 Å². The van der Waals surface area contributed by atoms with Crippen LogP contribution in [-0.4, -0.2) is 30.5 Å². The van der Waals surface area contributed by atoms with Gasteiger partial charge >= 0.3 is 0 Å². The van der Waals surface area contributed by atoms with Crippen molar-refractivity contribution in [3.63, 3.8) is 0 Å². The minimum Gasteiger partial charge on any atom is -0.489 e. The van der Waals surface area contributed by atoms with Crippen LogP contribution in [-0.2, 0) is 9.84 Å². The van der Waals surface area contributed by atoms with E-state index < -0.39 is 20.6 Å². The number of sulfone groups is 1. The number of hydrogen-bond donors (Lipinski definition) is 2. The number of ether oxygens (including phenoxy) is 1. The Morgan fingerprint density at radius 2 is 1.95 bits per heavy atom. The van der Waals surface area contributed by atoms with E-state index >= 15 is 0 Å². The molecule has 1 unspecified atom stereocenters. The first-order chi connectivity index (χ1) is 9.09. The molecule has 20 heavy (non-hydrogen) atoms. The van der Waals surface area contributed by atoms with Gasteiger partial charge in [0.1, 0.15) is 5.75 Å². The first-order valence-corrected chi connectivity index (χ1v) is 8.26. The molecule has 114 valence electrons. The summed E-state index contributed by atoms with van der Waals surface area (Å²) in [6.45, 7) is 7.07. The van der Waals surface area contributed by atoms with Crippen molar-refractivity contribution in [2.24, 2.45) is 5.84 Å². The number of nitrogens with one attached hydrogen (secondary N) is 1. The Morgan fingerprint density at radius 1 is 1.35 bits per heavy atom. The van der Waals surface area contributed by atoms with E-state index in [-0.39, 0.29) is 6.10 Å². The van der Waals surface area contributed by atoms with Crippen molar-refractivity contribution in [3.05, 3.63) is 24.0 Å². The smallest absolute Gasteiger partial charge is 0.154 e. The highest BCUT2D eigenvalue weighted by molar-refractivity contribution is 7.92. The molecule has 1 aromatic heterocycles. The lowest BCUT2D eigenvalue weighted by Crippen LogP contribution is -2.47. The maximum atomic E-state index is 11.9. The summed E-state index contributed by atoms with van der Waals surface area (Å²) in [4.78, 5) is 4.09. The molecule has 7 heteroatoms. The van der Waals surface area contributed by atoms with Crippen molar-refractivity contribution in [2.75, 3.05) is 6.26 Å². The molecule has 0 radical (unpaired) electrons. The number of aromatic nitrogens is 1. The summed E-state index contributed by atoms with van der Waals surface area (Å²) in [6, 6.07) is 1.17. The predicted molar refractivity (Wildman–Crippen MR) is 79.0 cm³/mol. The molecular weight excluding hydrogens is 278 g/mol. The van der Waals surface area contributed by atoms with Gasteiger partial charge in [-0.1, -0.05) is 0 Å². The topological polar surface area (TPSA) is 94.3 Å². The monoisotopic (exact) mass is 301 g/mol. The van der Waals surface area contributed by atoms with Gasteiger partial charge in [-0.15, -0.1) is 0 Å². The standard InChI is InChI=1S/C13H23N3O3S/c1-9(2)19-11-6-10(7-15-8-11)12(16-14)13(3,4)20(5,17)18/h6-9,12,16H,14H2,1-5H3. The summed E-state index contributed by atoms with van der Waals surface area (Å²) >= 11 is 0. The Bertz CT molecular complexity index is 556. The molecule has 0 bridgehead atoms. The van der Waals surface area contributed by atoms with Crippen LogP contribution in [0.25, 0.3) is 0 Å². The van der Waals surface area contributed by atoms with E-state index in [4.69, 9.17) is 10.6 Å². The summed E-state index contributed by atoms with van der Waals surface area (Å²) in [5, 5.41) is 0. The maximum absolute atomic E-state index is 11.9. The third-order valence-electron chi connectivity index (χ3n) is 3.26. The third-order valence-corrected chi connectivity index (χ3v) is 5.40. The van der Waals surface area contributed by atoms with E-state index in [2.05, 4.69) is 10.4 Å². The Hall–Kier alpha value is -1.18. The largest absolute Gasteiger partial charge is 0.489 e. The van der Waals surface area contributed by atoms with Crippen molar-refractivity contribution in [1.29, 1.82) is 0 Å². The highest BCUT2D eigenvalue weighted by Crippen LogP contribution is 2.32. The first-order valence-electron chi connectivity index (χ1n) is 6.37. The molecule has 0 spiro atoms. The van der Waals surface area contributed by atoms with Gasteiger partial charge in [0.2, 0.25) is 0 Å². The Labute approximate surface area is 120 Å². The normalized spacial score (nSPS) is 14.3. The van der Waals surface area contributed by atoms with Gasteiger partial charge in [-0.25, -0.2) is 8.42 Å². The molecule has 0 aromatic carbocycles.